The fourth-order valence-corrected chi connectivity index (χ4v) is 2.48. The van der Waals surface area contributed by atoms with Crippen LogP contribution in [-0.4, -0.2) is 10.9 Å². The van der Waals surface area contributed by atoms with Crippen molar-refractivity contribution in [2.45, 2.75) is 12.5 Å². The Bertz CT molecular complexity index is 644. The monoisotopic (exact) mass is 317 g/mol. The molecular weight excluding hydrogens is 306 g/mol. The molecule has 0 bridgehead atoms. The van der Waals surface area contributed by atoms with E-state index < -0.39 is 5.54 Å². The van der Waals surface area contributed by atoms with Crippen molar-refractivity contribution in [2.24, 2.45) is 0 Å². The number of nitrogens with zero attached hydrogens (tertiary/aromatic N) is 1. The number of hydrogen-bond acceptors (Lipinski definition) is 3. The van der Waals surface area contributed by atoms with Gasteiger partial charge in [-0.3, -0.25) is 4.79 Å². The van der Waals surface area contributed by atoms with Gasteiger partial charge in [0.05, 0.1) is 5.69 Å². The van der Waals surface area contributed by atoms with Crippen LogP contribution in [0.4, 0.5) is 11.5 Å². The van der Waals surface area contributed by atoms with Gasteiger partial charge < -0.3 is 10.6 Å². The van der Waals surface area contributed by atoms with Gasteiger partial charge in [-0.05, 0) is 34.5 Å². The number of benzene rings is 1. The molecule has 19 heavy (non-hydrogen) atoms. The van der Waals surface area contributed by atoms with Gasteiger partial charge in [0, 0.05) is 10.7 Å². The minimum atomic E-state index is -0.810. The molecule has 2 N–H and O–H groups in total. The van der Waals surface area contributed by atoms with Crippen molar-refractivity contribution >= 4 is 33.3 Å². The molecule has 0 aliphatic carbocycles. The number of carbonyl (C=O) groups is 1. The lowest BCUT2D eigenvalue weighted by Crippen LogP contribution is -2.47. The molecule has 3 rings (SSSR count). The number of aromatic nitrogens is 1. The molecule has 2 aromatic rings. The van der Waals surface area contributed by atoms with Crippen molar-refractivity contribution in [3.63, 3.8) is 0 Å². The number of pyridine rings is 1. The van der Waals surface area contributed by atoms with Crippen LogP contribution in [0, 0.1) is 0 Å². The van der Waals surface area contributed by atoms with Gasteiger partial charge in [-0.1, -0.05) is 30.3 Å². The Balaban J connectivity index is 2.07. The molecule has 1 aromatic carbocycles. The zero-order chi connectivity index (χ0) is 13.5. The van der Waals surface area contributed by atoms with Crippen molar-refractivity contribution in [1.29, 1.82) is 0 Å². The molecule has 1 unspecified atom stereocenters. The molecule has 2 heterocycles. The van der Waals surface area contributed by atoms with E-state index in [1.54, 1.807) is 6.20 Å². The van der Waals surface area contributed by atoms with Gasteiger partial charge in [-0.2, -0.15) is 0 Å². The summed E-state index contributed by atoms with van der Waals surface area (Å²) in [6.07, 6.45) is 1.70. The second kappa shape index (κ2) is 4.35. The molecule has 0 saturated carbocycles. The van der Waals surface area contributed by atoms with E-state index in [4.69, 9.17) is 0 Å². The molecule has 0 saturated heterocycles. The number of hydrogen-bond donors (Lipinski definition) is 2. The molecule has 5 heteroatoms. The third-order valence-corrected chi connectivity index (χ3v) is 3.71. The van der Waals surface area contributed by atoms with E-state index in [0.717, 1.165) is 10.0 Å². The third-order valence-electron chi connectivity index (χ3n) is 3.28. The second-order valence-electron chi connectivity index (χ2n) is 4.62. The lowest BCUT2D eigenvalue weighted by atomic mass is 9.89. The first-order valence-corrected chi connectivity index (χ1v) is 6.69. The second-order valence-corrected chi connectivity index (χ2v) is 5.54. The normalized spacial score (nSPS) is 21.3. The van der Waals surface area contributed by atoms with E-state index in [1.807, 2.05) is 43.3 Å². The molecule has 4 nitrogen and oxygen atoms in total. The lowest BCUT2D eigenvalue weighted by molar-refractivity contribution is -0.120. The van der Waals surface area contributed by atoms with Crippen molar-refractivity contribution in [3.05, 3.63) is 52.6 Å². The summed E-state index contributed by atoms with van der Waals surface area (Å²) in [5.74, 6) is 0.584. The summed E-state index contributed by atoms with van der Waals surface area (Å²) in [6, 6.07) is 11.4. The smallest absolute Gasteiger partial charge is 0.254 e. The molecule has 0 spiro atoms. The Kier molecular flexibility index (Phi) is 2.78. The minimum Gasteiger partial charge on any atom is -0.351 e. The van der Waals surface area contributed by atoms with Gasteiger partial charge in [0.2, 0.25) is 0 Å². The highest BCUT2D eigenvalue weighted by Gasteiger charge is 2.39. The van der Waals surface area contributed by atoms with E-state index in [-0.39, 0.29) is 5.91 Å². The zero-order valence-corrected chi connectivity index (χ0v) is 11.9. The highest BCUT2D eigenvalue weighted by atomic mass is 79.9. The van der Waals surface area contributed by atoms with Crippen LogP contribution in [0.5, 0.6) is 0 Å². The van der Waals surface area contributed by atoms with Gasteiger partial charge in [0.1, 0.15) is 5.54 Å². The minimum absolute atomic E-state index is 0.0916. The third kappa shape index (κ3) is 2.00. The number of rotatable bonds is 1. The standard InChI is InChI=1S/C14H12BrN3O/c1-14(9-5-3-2-4-6-9)13(19)17-11-7-10(15)8-16-12(11)18-14/h2-8H,1H3,(H,16,18)(H,17,19). The van der Waals surface area contributed by atoms with Gasteiger partial charge >= 0.3 is 0 Å². The maximum atomic E-state index is 12.4. The van der Waals surface area contributed by atoms with Crippen LogP contribution >= 0.6 is 15.9 Å². The van der Waals surface area contributed by atoms with E-state index >= 15 is 0 Å². The summed E-state index contributed by atoms with van der Waals surface area (Å²) in [5, 5.41) is 6.12. The van der Waals surface area contributed by atoms with Crippen LogP contribution in [0.3, 0.4) is 0 Å². The predicted octanol–water partition coefficient (Wildman–Crippen LogP) is 3.12. The van der Waals surface area contributed by atoms with Crippen LogP contribution in [0.1, 0.15) is 12.5 Å². The first-order chi connectivity index (χ1) is 9.09. The van der Waals surface area contributed by atoms with Crippen LogP contribution < -0.4 is 10.6 Å². The van der Waals surface area contributed by atoms with E-state index in [0.29, 0.717) is 11.5 Å². The summed E-state index contributed by atoms with van der Waals surface area (Å²) in [7, 11) is 0. The summed E-state index contributed by atoms with van der Waals surface area (Å²) in [4.78, 5) is 16.7. The first-order valence-electron chi connectivity index (χ1n) is 5.90. The fraction of sp³-hybridized carbons (Fsp3) is 0.143. The maximum Gasteiger partial charge on any atom is 0.254 e. The number of amides is 1. The molecule has 1 amide bonds. The largest absolute Gasteiger partial charge is 0.351 e. The number of halogens is 1. The van der Waals surface area contributed by atoms with Crippen LogP contribution in [-0.2, 0) is 10.3 Å². The summed E-state index contributed by atoms with van der Waals surface area (Å²) in [5.41, 5.74) is 0.783. The van der Waals surface area contributed by atoms with Crippen LogP contribution in [0.15, 0.2) is 47.1 Å². The van der Waals surface area contributed by atoms with Crippen molar-refractivity contribution in [2.75, 3.05) is 10.6 Å². The summed E-state index contributed by atoms with van der Waals surface area (Å²) in [6.45, 7) is 1.85. The Hall–Kier alpha value is -1.88. The average molecular weight is 318 g/mol. The number of fused-ring (bicyclic) bond motifs is 1. The molecule has 1 aliphatic heterocycles. The van der Waals surface area contributed by atoms with Gasteiger partial charge in [0.25, 0.3) is 5.91 Å². The SMILES string of the molecule is CC1(c2ccccc2)Nc2ncc(Br)cc2NC1=O. The van der Waals surface area contributed by atoms with E-state index in [9.17, 15) is 4.79 Å². The predicted molar refractivity (Wildman–Crippen MR) is 78.0 cm³/mol. The van der Waals surface area contributed by atoms with Crippen LogP contribution in [0.2, 0.25) is 0 Å². The van der Waals surface area contributed by atoms with E-state index in [2.05, 4.69) is 31.5 Å². The summed E-state index contributed by atoms with van der Waals surface area (Å²) >= 11 is 3.34. The molecule has 1 aromatic heterocycles. The van der Waals surface area contributed by atoms with Gasteiger partial charge in [0.15, 0.2) is 5.82 Å². The summed E-state index contributed by atoms with van der Waals surface area (Å²) < 4.78 is 0.830. The highest BCUT2D eigenvalue weighted by molar-refractivity contribution is 9.10. The molecule has 0 radical (unpaired) electrons. The van der Waals surface area contributed by atoms with Gasteiger partial charge in [-0.25, -0.2) is 4.98 Å². The quantitative estimate of drug-likeness (QED) is 0.849. The van der Waals surface area contributed by atoms with Crippen LogP contribution in [0.25, 0.3) is 0 Å². The molecule has 1 aliphatic rings. The molecule has 0 fully saturated rings. The molecule has 96 valence electrons. The zero-order valence-electron chi connectivity index (χ0n) is 10.3. The lowest BCUT2D eigenvalue weighted by Gasteiger charge is -2.35. The van der Waals surface area contributed by atoms with E-state index in [1.165, 1.54) is 0 Å². The van der Waals surface area contributed by atoms with Crippen molar-refractivity contribution < 1.29 is 4.79 Å². The Morgan fingerprint density at radius 1 is 1.26 bits per heavy atom. The topological polar surface area (TPSA) is 54.0 Å². The molecular formula is C14H12BrN3O. The Morgan fingerprint density at radius 3 is 2.74 bits per heavy atom. The number of nitrogens with one attached hydrogen (secondary N) is 2. The number of carbonyl (C=O) groups excluding carboxylic acids is 1. The maximum absolute atomic E-state index is 12.4. The first kappa shape index (κ1) is 12.2. The number of anilines is 2. The van der Waals surface area contributed by atoms with Gasteiger partial charge in [-0.15, -0.1) is 0 Å². The average Bonchev–Trinajstić information content (AvgIpc) is 2.42. The van der Waals surface area contributed by atoms with Crippen molar-refractivity contribution in [1.82, 2.24) is 4.98 Å². The Morgan fingerprint density at radius 2 is 2.00 bits per heavy atom. The van der Waals surface area contributed by atoms with Crippen molar-refractivity contribution in [3.8, 4) is 0 Å². The molecule has 1 atom stereocenters. The Labute approximate surface area is 119 Å². The fourth-order valence-electron chi connectivity index (χ4n) is 2.15. The highest BCUT2D eigenvalue weighted by Crippen LogP contribution is 2.35.